The van der Waals surface area contributed by atoms with Crippen LogP contribution in [-0.2, 0) is 9.84 Å². The van der Waals surface area contributed by atoms with Gasteiger partial charge in [-0.3, -0.25) is 0 Å². The Hall–Kier alpha value is -1.15. The third-order valence-electron chi connectivity index (χ3n) is 3.25. The molecule has 1 fully saturated rings. The maximum Gasteiger partial charge on any atom is 0.315 e. The van der Waals surface area contributed by atoms with Gasteiger partial charge in [0, 0.05) is 10.9 Å². The van der Waals surface area contributed by atoms with Gasteiger partial charge in [0.25, 0.3) is 0 Å². The van der Waals surface area contributed by atoms with Crippen LogP contribution < -0.4 is 10.6 Å². The first-order chi connectivity index (χ1) is 9.27. The molecule has 0 spiro atoms. The number of thiazole rings is 1. The van der Waals surface area contributed by atoms with Gasteiger partial charge in [0.2, 0.25) is 0 Å². The molecular weight excluding hydrogens is 298 g/mol. The molecule has 2 amide bonds. The molecule has 2 atom stereocenters. The average Bonchev–Trinajstić information content (AvgIpc) is 2.81. The number of sulfone groups is 1. The van der Waals surface area contributed by atoms with Crippen molar-refractivity contribution in [2.45, 2.75) is 39.3 Å². The minimum absolute atomic E-state index is 0.0352. The second-order valence-corrected chi connectivity index (χ2v) is 8.59. The Labute approximate surface area is 122 Å². The molecule has 2 heterocycles. The zero-order valence-corrected chi connectivity index (χ0v) is 13.4. The van der Waals surface area contributed by atoms with E-state index in [1.165, 1.54) is 0 Å². The highest BCUT2D eigenvalue weighted by Crippen LogP contribution is 2.24. The first kappa shape index (κ1) is 15.2. The molecule has 112 valence electrons. The normalized spacial score (nSPS) is 22.4. The summed E-state index contributed by atoms with van der Waals surface area (Å²) in [6.45, 7) is 5.74. The number of hydrogen-bond acceptors (Lipinski definition) is 5. The number of nitrogens with zero attached hydrogens (tertiary/aromatic N) is 1. The van der Waals surface area contributed by atoms with Crippen LogP contribution >= 0.6 is 11.3 Å². The Morgan fingerprint density at radius 2 is 2.15 bits per heavy atom. The van der Waals surface area contributed by atoms with E-state index in [1.54, 1.807) is 11.3 Å². The Bertz CT molecular complexity index is 609. The van der Waals surface area contributed by atoms with Gasteiger partial charge >= 0.3 is 6.03 Å². The Balaban J connectivity index is 1.90. The molecule has 0 bridgehead atoms. The van der Waals surface area contributed by atoms with Crippen LogP contribution in [0.15, 0.2) is 0 Å². The fourth-order valence-electron chi connectivity index (χ4n) is 2.35. The smallest absolute Gasteiger partial charge is 0.315 e. The monoisotopic (exact) mass is 317 g/mol. The third kappa shape index (κ3) is 3.69. The van der Waals surface area contributed by atoms with Crippen molar-refractivity contribution >= 4 is 27.2 Å². The summed E-state index contributed by atoms with van der Waals surface area (Å²) < 4.78 is 22.7. The molecule has 0 unspecified atom stereocenters. The van der Waals surface area contributed by atoms with Gasteiger partial charge in [-0.1, -0.05) is 0 Å². The van der Waals surface area contributed by atoms with E-state index in [1.807, 2.05) is 20.8 Å². The van der Waals surface area contributed by atoms with Gasteiger partial charge in [0.1, 0.15) is 0 Å². The number of hydrogen-bond donors (Lipinski definition) is 2. The minimum atomic E-state index is -2.98. The van der Waals surface area contributed by atoms with Crippen molar-refractivity contribution in [2.75, 3.05) is 11.5 Å². The first-order valence-electron chi connectivity index (χ1n) is 6.48. The van der Waals surface area contributed by atoms with E-state index < -0.39 is 9.84 Å². The number of nitrogens with one attached hydrogen (secondary N) is 2. The number of aryl methyl sites for hydroxylation is 2. The van der Waals surface area contributed by atoms with Crippen molar-refractivity contribution in [3.63, 3.8) is 0 Å². The molecule has 20 heavy (non-hydrogen) atoms. The maximum absolute atomic E-state index is 11.9. The van der Waals surface area contributed by atoms with Crippen molar-refractivity contribution in [1.82, 2.24) is 15.6 Å². The molecule has 2 rings (SSSR count). The maximum atomic E-state index is 11.9. The summed E-state index contributed by atoms with van der Waals surface area (Å²) in [6, 6.07) is -0.749. The van der Waals surface area contributed by atoms with Gasteiger partial charge in [0.05, 0.1) is 28.2 Å². The predicted octanol–water partition coefficient (Wildman–Crippen LogP) is 1.31. The van der Waals surface area contributed by atoms with Crippen LogP contribution in [0.4, 0.5) is 4.79 Å². The third-order valence-corrected chi connectivity index (χ3v) is 6.27. The largest absolute Gasteiger partial charge is 0.334 e. The van der Waals surface area contributed by atoms with Crippen LogP contribution in [0.1, 0.15) is 35.0 Å². The molecule has 1 aliphatic rings. The van der Waals surface area contributed by atoms with E-state index in [0.29, 0.717) is 6.42 Å². The van der Waals surface area contributed by atoms with E-state index in [9.17, 15) is 13.2 Å². The molecular formula is C12H19N3O3S2. The fraction of sp³-hybridized carbons (Fsp3) is 0.667. The number of aromatic nitrogens is 1. The number of amides is 2. The van der Waals surface area contributed by atoms with Gasteiger partial charge in [-0.25, -0.2) is 18.2 Å². The van der Waals surface area contributed by atoms with Gasteiger partial charge in [-0.2, -0.15) is 0 Å². The fourth-order valence-corrected chi connectivity index (χ4v) is 4.95. The number of carbonyl (C=O) groups is 1. The predicted molar refractivity (Wildman–Crippen MR) is 78.7 cm³/mol. The molecule has 0 radical (unpaired) electrons. The summed E-state index contributed by atoms with van der Waals surface area (Å²) in [7, 11) is -2.98. The molecule has 1 aliphatic heterocycles. The zero-order valence-electron chi connectivity index (χ0n) is 11.8. The van der Waals surface area contributed by atoms with Gasteiger partial charge < -0.3 is 10.6 Å². The first-order valence-corrected chi connectivity index (χ1v) is 9.12. The SMILES string of the molecule is Cc1nc(C)c([C@H](C)NC(=O)N[C@H]2CCS(=O)(=O)C2)s1. The van der Waals surface area contributed by atoms with Gasteiger partial charge in [-0.05, 0) is 27.2 Å². The Morgan fingerprint density at radius 3 is 2.65 bits per heavy atom. The average molecular weight is 317 g/mol. The second-order valence-electron chi connectivity index (χ2n) is 5.12. The Morgan fingerprint density at radius 1 is 1.45 bits per heavy atom. The molecule has 0 aromatic carbocycles. The molecule has 1 aromatic rings. The van der Waals surface area contributed by atoms with Crippen molar-refractivity contribution in [2.24, 2.45) is 0 Å². The van der Waals surface area contributed by atoms with E-state index >= 15 is 0 Å². The highest BCUT2D eigenvalue weighted by molar-refractivity contribution is 7.91. The summed E-state index contributed by atoms with van der Waals surface area (Å²) in [5.74, 6) is 0.189. The summed E-state index contributed by atoms with van der Waals surface area (Å²) in [5.41, 5.74) is 0.920. The van der Waals surface area contributed by atoms with Gasteiger partial charge in [-0.15, -0.1) is 11.3 Å². The molecule has 2 N–H and O–H groups in total. The number of urea groups is 1. The van der Waals surface area contributed by atoms with E-state index in [4.69, 9.17) is 0 Å². The molecule has 1 aromatic heterocycles. The molecule has 1 saturated heterocycles. The zero-order chi connectivity index (χ0) is 14.9. The lowest BCUT2D eigenvalue weighted by Crippen LogP contribution is -2.43. The minimum Gasteiger partial charge on any atom is -0.334 e. The lowest BCUT2D eigenvalue weighted by molar-refractivity contribution is 0.235. The van der Waals surface area contributed by atoms with E-state index in [0.717, 1.165) is 15.6 Å². The van der Waals surface area contributed by atoms with E-state index in [2.05, 4.69) is 15.6 Å². The quantitative estimate of drug-likeness (QED) is 0.880. The highest BCUT2D eigenvalue weighted by atomic mass is 32.2. The molecule has 6 nitrogen and oxygen atoms in total. The Kier molecular flexibility index (Phi) is 4.33. The lowest BCUT2D eigenvalue weighted by Gasteiger charge is -2.16. The van der Waals surface area contributed by atoms with Crippen molar-refractivity contribution < 1.29 is 13.2 Å². The summed E-state index contributed by atoms with van der Waals surface area (Å²) in [5, 5.41) is 6.51. The summed E-state index contributed by atoms with van der Waals surface area (Å²) >= 11 is 1.56. The highest BCUT2D eigenvalue weighted by Gasteiger charge is 2.29. The number of carbonyl (C=O) groups excluding carboxylic acids is 1. The standard InChI is InChI=1S/C12H19N3O3S2/c1-7-11(19-9(3)13-7)8(2)14-12(16)15-10-4-5-20(17,18)6-10/h8,10H,4-6H2,1-3H3,(H2,14,15,16)/t8-,10-/m0/s1. The van der Waals surface area contributed by atoms with E-state index in [-0.39, 0.29) is 29.6 Å². The van der Waals surface area contributed by atoms with Crippen LogP contribution in [0.3, 0.4) is 0 Å². The van der Waals surface area contributed by atoms with Gasteiger partial charge in [0.15, 0.2) is 9.84 Å². The summed E-state index contributed by atoms with van der Waals surface area (Å²) in [4.78, 5) is 17.2. The van der Waals surface area contributed by atoms with Crippen molar-refractivity contribution in [1.29, 1.82) is 0 Å². The topological polar surface area (TPSA) is 88.2 Å². The van der Waals surface area contributed by atoms with Crippen molar-refractivity contribution in [3.05, 3.63) is 15.6 Å². The molecule has 8 heteroatoms. The van der Waals surface area contributed by atoms with Crippen LogP contribution in [0.2, 0.25) is 0 Å². The van der Waals surface area contributed by atoms with Crippen LogP contribution in [0, 0.1) is 13.8 Å². The van der Waals surface area contributed by atoms with Crippen LogP contribution in [0.5, 0.6) is 0 Å². The number of rotatable bonds is 3. The van der Waals surface area contributed by atoms with Crippen LogP contribution in [-0.4, -0.2) is 37.0 Å². The molecule has 0 aliphatic carbocycles. The van der Waals surface area contributed by atoms with Crippen LogP contribution in [0.25, 0.3) is 0 Å². The molecule has 0 saturated carbocycles. The van der Waals surface area contributed by atoms with Crippen molar-refractivity contribution in [3.8, 4) is 0 Å². The lowest BCUT2D eigenvalue weighted by atomic mass is 10.2. The summed E-state index contributed by atoms with van der Waals surface area (Å²) in [6.07, 6.45) is 0.489. The second kappa shape index (κ2) is 5.69.